The maximum atomic E-state index is 3.79. The van der Waals surface area contributed by atoms with E-state index in [1.807, 2.05) is 6.07 Å². The van der Waals surface area contributed by atoms with E-state index in [9.17, 15) is 0 Å². The van der Waals surface area contributed by atoms with Crippen LogP contribution < -0.4 is 0 Å². The van der Waals surface area contributed by atoms with Crippen LogP contribution in [-0.4, -0.2) is 0 Å². The summed E-state index contributed by atoms with van der Waals surface area (Å²) in [5.74, 6) is 0. The molecule has 0 amide bonds. The van der Waals surface area contributed by atoms with Crippen LogP contribution in [0.2, 0.25) is 0 Å². The lowest BCUT2D eigenvalue weighted by molar-refractivity contribution is 0.840. The lowest BCUT2D eigenvalue weighted by Crippen LogP contribution is -2.07. The molecular formula is C22H13Br. The third-order valence-corrected chi connectivity index (χ3v) is 5.76. The molecular weight excluding hydrogens is 344 g/mol. The summed E-state index contributed by atoms with van der Waals surface area (Å²) in [7, 11) is 0. The molecule has 4 aromatic carbocycles. The van der Waals surface area contributed by atoms with E-state index in [-0.39, 0.29) is 0 Å². The topological polar surface area (TPSA) is 0 Å². The molecule has 0 fully saturated rings. The molecule has 0 unspecified atom stereocenters. The van der Waals surface area contributed by atoms with E-state index < -0.39 is 0 Å². The molecule has 0 heterocycles. The Morgan fingerprint density at radius 1 is 0.739 bits per heavy atom. The molecule has 1 aliphatic carbocycles. The van der Waals surface area contributed by atoms with Gasteiger partial charge < -0.3 is 0 Å². The normalized spacial score (nSPS) is 12.7. The van der Waals surface area contributed by atoms with Crippen LogP contribution in [0.25, 0.3) is 32.7 Å². The molecule has 1 aliphatic rings. The Morgan fingerprint density at radius 2 is 1.48 bits per heavy atom. The first-order valence-electron chi connectivity index (χ1n) is 7.87. The first-order valence-corrected chi connectivity index (χ1v) is 8.66. The van der Waals surface area contributed by atoms with Gasteiger partial charge in [-0.1, -0.05) is 54.6 Å². The molecule has 0 atom stereocenters. The Morgan fingerprint density at radius 3 is 2.22 bits per heavy atom. The Kier molecular flexibility index (Phi) is 2.77. The Balaban J connectivity index is 1.97. The second-order valence-corrected chi connectivity index (χ2v) is 6.92. The predicted octanol–water partition coefficient (Wildman–Crippen LogP) is 6.12. The van der Waals surface area contributed by atoms with Crippen molar-refractivity contribution < 1.29 is 0 Å². The van der Waals surface area contributed by atoms with Gasteiger partial charge in [0.1, 0.15) is 0 Å². The van der Waals surface area contributed by atoms with Gasteiger partial charge in [0.05, 0.1) is 0 Å². The zero-order valence-electron chi connectivity index (χ0n) is 12.5. The van der Waals surface area contributed by atoms with Crippen molar-refractivity contribution in [3.63, 3.8) is 0 Å². The van der Waals surface area contributed by atoms with Crippen LogP contribution in [0.1, 0.15) is 11.1 Å². The fraction of sp³-hybridized carbons (Fsp3) is 0.0909. The van der Waals surface area contributed by atoms with Gasteiger partial charge in [0.15, 0.2) is 0 Å². The van der Waals surface area contributed by atoms with E-state index in [2.05, 4.69) is 76.6 Å². The van der Waals surface area contributed by atoms with Crippen molar-refractivity contribution in [2.24, 2.45) is 0 Å². The predicted molar refractivity (Wildman–Crippen MR) is 99.7 cm³/mol. The summed E-state index contributed by atoms with van der Waals surface area (Å²) in [5, 5.41) is 4.96. The highest BCUT2D eigenvalue weighted by Crippen LogP contribution is 2.42. The SMILES string of the molecule is Brc1c2cc#ccc2c(-c2ccc3c(c2)CC3)c2ccccc12. The maximum Gasteiger partial charge on any atom is 0.0339 e. The van der Waals surface area contributed by atoms with Crippen molar-refractivity contribution in [1.82, 2.24) is 0 Å². The largest absolute Gasteiger partial charge is 0.0696 e. The average Bonchev–Trinajstić information content (AvgIpc) is 2.57. The summed E-state index contributed by atoms with van der Waals surface area (Å²) >= 11 is 3.79. The van der Waals surface area contributed by atoms with Gasteiger partial charge in [-0.2, -0.15) is 0 Å². The van der Waals surface area contributed by atoms with Gasteiger partial charge in [-0.05, 0) is 73.9 Å². The number of hydrogen-bond donors (Lipinski definition) is 0. The number of aryl methyl sites for hydroxylation is 2. The standard InChI is InChI=1S/C22H13Br/c23-22-19-7-3-1-5-17(19)21(18-6-2-4-8-20(18)22)16-12-10-14-9-11-15(14)13-16/h1,3,5-8,10,12-13H,9,11H2. The average molecular weight is 357 g/mol. The second-order valence-electron chi connectivity index (χ2n) is 6.12. The van der Waals surface area contributed by atoms with E-state index in [4.69, 9.17) is 0 Å². The van der Waals surface area contributed by atoms with Crippen molar-refractivity contribution in [1.29, 1.82) is 0 Å². The van der Waals surface area contributed by atoms with Crippen molar-refractivity contribution in [3.05, 3.63) is 82.3 Å². The summed E-state index contributed by atoms with van der Waals surface area (Å²) in [5.41, 5.74) is 5.60. The highest BCUT2D eigenvalue weighted by molar-refractivity contribution is 9.10. The monoisotopic (exact) mass is 356 g/mol. The smallest absolute Gasteiger partial charge is 0.0339 e. The molecule has 0 spiro atoms. The van der Waals surface area contributed by atoms with Crippen molar-refractivity contribution in [2.75, 3.05) is 0 Å². The molecule has 0 saturated carbocycles. The van der Waals surface area contributed by atoms with E-state index in [0.717, 1.165) is 4.47 Å². The van der Waals surface area contributed by atoms with Crippen molar-refractivity contribution in [2.45, 2.75) is 12.8 Å². The van der Waals surface area contributed by atoms with Gasteiger partial charge in [0, 0.05) is 15.2 Å². The van der Waals surface area contributed by atoms with E-state index in [1.54, 1.807) is 0 Å². The number of fused-ring (bicyclic) bond motifs is 3. The van der Waals surface area contributed by atoms with Crippen molar-refractivity contribution in [3.8, 4) is 11.1 Å². The van der Waals surface area contributed by atoms with E-state index in [0.29, 0.717) is 0 Å². The summed E-state index contributed by atoms with van der Waals surface area (Å²) in [4.78, 5) is 0. The van der Waals surface area contributed by atoms with Crippen LogP contribution in [0.4, 0.5) is 0 Å². The van der Waals surface area contributed by atoms with Gasteiger partial charge in [-0.3, -0.25) is 0 Å². The minimum Gasteiger partial charge on any atom is -0.0696 e. The van der Waals surface area contributed by atoms with Crippen LogP contribution >= 0.6 is 15.9 Å². The quantitative estimate of drug-likeness (QED) is 0.385. The molecule has 4 aromatic rings. The Bertz CT molecular complexity index is 1020. The first-order chi connectivity index (χ1) is 11.3. The Labute approximate surface area is 143 Å². The van der Waals surface area contributed by atoms with Crippen LogP contribution in [0.15, 0.2) is 59.1 Å². The zero-order valence-corrected chi connectivity index (χ0v) is 14.1. The van der Waals surface area contributed by atoms with Gasteiger partial charge in [0.25, 0.3) is 0 Å². The highest BCUT2D eigenvalue weighted by Gasteiger charge is 2.17. The van der Waals surface area contributed by atoms with Gasteiger partial charge in [-0.15, -0.1) is 0 Å². The molecule has 5 rings (SSSR count). The molecule has 108 valence electrons. The van der Waals surface area contributed by atoms with Crippen LogP contribution in [0.5, 0.6) is 0 Å². The van der Waals surface area contributed by atoms with Gasteiger partial charge in [0.2, 0.25) is 0 Å². The van der Waals surface area contributed by atoms with Crippen LogP contribution in [-0.2, 0) is 12.8 Å². The van der Waals surface area contributed by atoms with Crippen molar-refractivity contribution >= 4 is 37.5 Å². The fourth-order valence-corrected chi connectivity index (χ4v) is 4.29. The van der Waals surface area contributed by atoms with E-state index >= 15 is 0 Å². The lowest BCUT2D eigenvalue weighted by atomic mass is 9.84. The molecule has 0 N–H and O–H groups in total. The second kappa shape index (κ2) is 4.85. The first kappa shape index (κ1) is 13.2. The maximum absolute atomic E-state index is 3.79. The fourth-order valence-electron chi connectivity index (χ4n) is 3.62. The minimum atomic E-state index is 1.14. The molecule has 0 aromatic heterocycles. The molecule has 1 heteroatoms. The van der Waals surface area contributed by atoms with Crippen LogP contribution in [0, 0.1) is 12.1 Å². The summed E-state index contributed by atoms with van der Waals surface area (Å²) in [6.45, 7) is 0. The zero-order chi connectivity index (χ0) is 15.4. The van der Waals surface area contributed by atoms with Gasteiger partial charge in [-0.25, -0.2) is 0 Å². The molecule has 0 saturated heterocycles. The third-order valence-electron chi connectivity index (χ3n) is 4.90. The number of benzene rings is 3. The Hall–Kier alpha value is -2.30. The highest BCUT2D eigenvalue weighted by atomic mass is 79.9. The summed E-state index contributed by atoms with van der Waals surface area (Å²) in [6.07, 6.45) is 2.43. The molecule has 0 radical (unpaired) electrons. The third kappa shape index (κ3) is 1.85. The van der Waals surface area contributed by atoms with E-state index in [1.165, 1.54) is 56.6 Å². The van der Waals surface area contributed by atoms with Crippen LogP contribution in [0.3, 0.4) is 0 Å². The molecule has 0 bridgehead atoms. The summed E-state index contributed by atoms with van der Waals surface area (Å²) in [6, 6.07) is 25.8. The number of halogens is 1. The number of hydrogen-bond acceptors (Lipinski definition) is 0. The minimum absolute atomic E-state index is 1.14. The molecule has 0 nitrogen and oxygen atoms in total. The molecule has 23 heavy (non-hydrogen) atoms. The lowest BCUT2D eigenvalue weighted by Gasteiger charge is -2.21. The van der Waals surface area contributed by atoms with Gasteiger partial charge >= 0.3 is 0 Å². The summed E-state index contributed by atoms with van der Waals surface area (Å²) < 4.78 is 1.14. The number of rotatable bonds is 1. The molecule has 0 aliphatic heterocycles.